The van der Waals surface area contributed by atoms with Crippen LogP contribution in [0.1, 0.15) is 0 Å². The standard InChI is InChI=1S/C6H4F4N2.C6H8N2/c7-11(8)5-3-1-2-4-6(5)12(9)10;7-5-3-1-2-4-6(5)8/h1-4H;1-4H,7-8H2. The van der Waals surface area contributed by atoms with Gasteiger partial charge < -0.3 is 11.5 Å². The Balaban J connectivity index is 0.000000217. The maximum Gasteiger partial charge on any atom is 0.134 e. The lowest BCUT2D eigenvalue weighted by atomic mass is 10.3. The van der Waals surface area contributed by atoms with E-state index >= 15 is 0 Å². The summed E-state index contributed by atoms with van der Waals surface area (Å²) in [7, 11) is 0. The Labute approximate surface area is 112 Å². The van der Waals surface area contributed by atoms with E-state index in [2.05, 4.69) is 0 Å². The third-order valence-electron chi connectivity index (χ3n) is 2.24. The number of halogens is 4. The summed E-state index contributed by atoms with van der Waals surface area (Å²) in [6, 6.07) is 11.5. The lowest BCUT2D eigenvalue weighted by Gasteiger charge is -2.08. The van der Waals surface area contributed by atoms with Gasteiger partial charge in [-0.2, -0.15) is 0 Å². The molecule has 0 spiro atoms. The van der Waals surface area contributed by atoms with Crippen molar-refractivity contribution in [1.29, 1.82) is 0 Å². The maximum absolute atomic E-state index is 11.9. The van der Waals surface area contributed by atoms with Gasteiger partial charge in [0.2, 0.25) is 0 Å². The summed E-state index contributed by atoms with van der Waals surface area (Å²) in [5.41, 5.74) is 10.4. The topological polar surface area (TPSA) is 58.5 Å². The van der Waals surface area contributed by atoms with Crippen LogP contribution in [0.3, 0.4) is 0 Å². The minimum atomic E-state index is -1.36. The molecule has 0 aliphatic heterocycles. The van der Waals surface area contributed by atoms with Crippen LogP contribution in [0.15, 0.2) is 48.5 Å². The maximum atomic E-state index is 11.9. The van der Waals surface area contributed by atoms with E-state index in [0.717, 1.165) is 12.1 Å². The molecule has 0 unspecified atom stereocenters. The van der Waals surface area contributed by atoms with Crippen molar-refractivity contribution >= 4 is 22.7 Å². The van der Waals surface area contributed by atoms with Crippen molar-refractivity contribution in [2.24, 2.45) is 0 Å². The zero-order valence-corrected chi connectivity index (χ0v) is 10.2. The molecule has 0 heterocycles. The van der Waals surface area contributed by atoms with Gasteiger partial charge in [-0.15, -0.1) is 0 Å². The molecule has 0 saturated heterocycles. The Morgan fingerprint density at radius 2 is 0.900 bits per heavy atom. The van der Waals surface area contributed by atoms with Crippen molar-refractivity contribution < 1.29 is 17.9 Å². The second kappa shape index (κ2) is 7.07. The van der Waals surface area contributed by atoms with E-state index < -0.39 is 22.1 Å². The highest BCUT2D eigenvalue weighted by atomic mass is 19.4. The van der Waals surface area contributed by atoms with Gasteiger partial charge >= 0.3 is 0 Å². The molecule has 0 fully saturated rings. The normalized spacial score (nSPS) is 9.40. The largest absolute Gasteiger partial charge is 0.397 e. The highest BCUT2D eigenvalue weighted by molar-refractivity contribution is 5.66. The molecule has 0 radical (unpaired) electrons. The van der Waals surface area contributed by atoms with Gasteiger partial charge in [0.05, 0.1) is 11.4 Å². The van der Waals surface area contributed by atoms with E-state index in [1.54, 1.807) is 12.1 Å². The fraction of sp³-hybridized carbons (Fsp3) is 0. The van der Waals surface area contributed by atoms with Crippen molar-refractivity contribution in [3.05, 3.63) is 48.5 Å². The molecule has 0 aliphatic rings. The number of benzene rings is 2. The molecule has 2 aromatic rings. The second-order valence-electron chi connectivity index (χ2n) is 3.58. The van der Waals surface area contributed by atoms with Crippen molar-refractivity contribution in [2.75, 3.05) is 22.2 Å². The minimum Gasteiger partial charge on any atom is -0.397 e. The van der Waals surface area contributed by atoms with Crippen LogP contribution in [0.5, 0.6) is 0 Å². The summed E-state index contributed by atoms with van der Waals surface area (Å²) in [5, 5.41) is -2.72. The van der Waals surface area contributed by atoms with Crippen LogP contribution < -0.4 is 22.2 Å². The van der Waals surface area contributed by atoms with Gasteiger partial charge in [0.15, 0.2) is 0 Å². The molecule has 2 rings (SSSR count). The molecule has 0 bridgehead atoms. The molecule has 108 valence electrons. The van der Waals surface area contributed by atoms with Gasteiger partial charge in [0, 0.05) is 0 Å². The number of nitrogens with two attached hydrogens (primary N) is 2. The number of nitrogens with zero attached hydrogens (tertiary/aromatic N) is 2. The third kappa shape index (κ3) is 4.23. The Kier molecular flexibility index (Phi) is 5.45. The van der Waals surface area contributed by atoms with Gasteiger partial charge in [-0.3, -0.25) is 0 Å². The first kappa shape index (κ1) is 15.4. The van der Waals surface area contributed by atoms with E-state index in [1.165, 1.54) is 12.1 Å². The van der Waals surface area contributed by atoms with Gasteiger partial charge in [-0.05, 0) is 35.0 Å². The lowest BCUT2D eigenvalue weighted by Crippen LogP contribution is -2.03. The smallest absolute Gasteiger partial charge is 0.134 e. The summed E-state index contributed by atoms with van der Waals surface area (Å²) in [6.45, 7) is 0. The van der Waals surface area contributed by atoms with Crippen LogP contribution in [0, 0.1) is 0 Å². The monoisotopic (exact) mass is 288 g/mol. The van der Waals surface area contributed by atoms with Crippen molar-refractivity contribution in [2.45, 2.75) is 0 Å². The first-order valence-electron chi connectivity index (χ1n) is 5.36. The molecule has 4 nitrogen and oxygen atoms in total. The third-order valence-corrected chi connectivity index (χ3v) is 2.24. The van der Waals surface area contributed by atoms with E-state index in [4.69, 9.17) is 11.5 Å². The molecular weight excluding hydrogens is 276 g/mol. The summed E-state index contributed by atoms with van der Waals surface area (Å²) in [6.07, 6.45) is 0. The Morgan fingerprint density at radius 3 is 1.15 bits per heavy atom. The van der Waals surface area contributed by atoms with Gasteiger partial charge in [0.1, 0.15) is 11.4 Å². The number of anilines is 4. The number of rotatable bonds is 2. The highest BCUT2D eigenvalue weighted by Gasteiger charge is 2.14. The van der Waals surface area contributed by atoms with Crippen LogP contribution in [0.25, 0.3) is 0 Å². The molecular formula is C12H12F4N4. The van der Waals surface area contributed by atoms with E-state index in [1.807, 2.05) is 12.1 Å². The molecule has 0 atom stereocenters. The number of para-hydroxylation sites is 4. The highest BCUT2D eigenvalue weighted by Crippen LogP contribution is 2.30. The van der Waals surface area contributed by atoms with Gasteiger partial charge in [-0.1, -0.05) is 42.2 Å². The number of nitrogen functional groups attached to an aromatic ring is 2. The fourth-order valence-corrected chi connectivity index (χ4v) is 1.26. The summed E-state index contributed by atoms with van der Waals surface area (Å²) >= 11 is 0. The SMILES string of the molecule is FN(F)c1ccccc1N(F)F.Nc1ccccc1N. The average molecular weight is 288 g/mol. The first-order valence-corrected chi connectivity index (χ1v) is 5.36. The predicted molar refractivity (Wildman–Crippen MR) is 71.1 cm³/mol. The lowest BCUT2D eigenvalue weighted by molar-refractivity contribution is 0.218. The quantitative estimate of drug-likeness (QED) is 0.502. The Morgan fingerprint density at radius 1 is 0.600 bits per heavy atom. The number of hydrogen-bond donors (Lipinski definition) is 2. The second-order valence-corrected chi connectivity index (χ2v) is 3.58. The first-order chi connectivity index (χ1) is 9.43. The van der Waals surface area contributed by atoms with Crippen molar-refractivity contribution in [3.63, 3.8) is 0 Å². The molecule has 0 saturated carbocycles. The predicted octanol–water partition coefficient (Wildman–Crippen LogP) is 3.69. The molecule has 0 amide bonds. The van der Waals surface area contributed by atoms with Gasteiger partial charge in [-0.25, -0.2) is 0 Å². The van der Waals surface area contributed by atoms with Crippen molar-refractivity contribution in [1.82, 2.24) is 0 Å². The van der Waals surface area contributed by atoms with E-state index in [9.17, 15) is 17.9 Å². The van der Waals surface area contributed by atoms with Crippen LogP contribution >= 0.6 is 0 Å². The van der Waals surface area contributed by atoms with Crippen LogP contribution in [-0.2, 0) is 0 Å². The molecule has 20 heavy (non-hydrogen) atoms. The zero-order chi connectivity index (χ0) is 15.1. The Hall–Kier alpha value is -2.64. The van der Waals surface area contributed by atoms with E-state index in [0.29, 0.717) is 11.4 Å². The van der Waals surface area contributed by atoms with Crippen LogP contribution in [-0.4, -0.2) is 0 Å². The van der Waals surface area contributed by atoms with E-state index in [-0.39, 0.29) is 0 Å². The minimum absolute atomic E-state index is 0.646. The summed E-state index contributed by atoms with van der Waals surface area (Å²) in [4.78, 5) is 0. The summed E-state index contributed by atoms with van der Waals surface area (Å²) in [5.74, 6) is 0. The van der Waals surface area contributed by atoms with Gasteiger partial charge in [0.25, 0.3) is 0 Å². The molecule has 0 aliphatic carbocycles. The fourth-order valence-electron chi connectivity index (χ4n) is 1.26. The zero-order valence-electron chi connectivity index (χ0n) is 10.2. The number of hydrogen-bond acceptors (Lipinski definition) is 4. The Bertz CT molecular complexity index is 500. The molecule has 0 aromatic heterocycles. The molecule has 2 aromatic carbocycles. The molecule has 8 heteroatoms. The van der Waals surface area contributed by atoms with Crippen LogP contribution in [0.2, 0.25) is 0 Å². The average Bonchev–Trinajstić information content (AvgIpc) is 2.43. The summed E-state index contributed by atoms with van der Waals surface area (Å²) < 4.78 is 47.4. The molecule has 4 N–H and O–H groups in total. The van der Waals surface area contributed by atoms with Crippen LogP contribution in [0.4, 0.5) is 40.7 Å². The van der Waals surface area contributed by atoms with Crippen molar-refractivity contribution in [3.8, 4) is 0 Å².